The van der Waals surface area contributed by atoms with Crippen molar-refractivity contribution in [2.24, 2.45) is 0 Å². The largest absolute Gasteiger partial charge is 0.618 e. The van der Waals surface area contributed by atoms with E-state index in [1.807, 2.05) is 12.1 Å². The quantitative estimate of drug-likeness (QED) is 0.466. The van der Waals surface area contributed by atoms with Gasteiger partial charge >= 0.3 is 0 Å². The number of nitrogens with zero attached hydrogens (tertiary/aromatic N) is 1. The van der Waals surface area contributed by atoms with Gasteiger partial charge in [0.15, 0.2) is 11.8 Å². The van der Waals surface area contributed by atoms with Gasteiger partial charge in [0.1, 0.15) is 8.07 Å². The Morgan fingerprint density at radius 3 is 2.41 bits per heavy atom. The fourth-order valence-electron chi connectivity index (χ4n) is 1.75. The van der Waals surface area contributed by atoms with E-state index in [2.05, 4.69) is 33.5 Å². The van der Waals surface area contributed by atoms with E-state index in [-0.39, 0.29) is 0 Å². The molecule has 0 aliphatic carbocycles. The molecule has 4 heteroatoms. The highest BCUT2D eigenvalue weighted by Crippen LogP contribution is 2.19. The van der Waals surface area contributed by atoms with Crippen molar-refractivity contribution >= 4 is 24.6 Å². The second-order valence-electron chi connectivity index (χ2n) is 5.86. The van der Waals surface area contributed by atoms with Crippen LogP contribution in [0.2, 0.25) is 19.6 Å². The van der Waals surface area contributed by atoms with E-state index in [1.54, 1.807) is 6.20 Å². The van der Waals surface area contributed by atoms with Gasteiger partial charge in [-0.15, -0.1) is 0 Å². The van der Waals surface area contributed by atoms with Gasteiger partial charge in [0.2, 0.25) is 0 Å². The molecular formula is C13H19NO2Si. The van der Waals surface area contributed by atoms with Gasteiger partial charge in [-0.25, -0.2) is 0 Å². The van der Waals surface area contributed by atoms with Crippen molar-refractivity contribution in [1.29, 1.82) is 0 Å². The molecule has 0 amide bonds. The Morgan fingerprint density at radius 1 is 1.24 bits per heavy atom. The zero-order valence-corrected chi connectivity index (χ0v) is 12.1. The lowest BCUT2D eigenvalue weighted by Crippen LogP contribution is -2.36. The Kier molecular flexibility index (Phi) is 2.77. The maximum Gasteiger partial charge on any atom is 0.262 e. The summed E-state index contributed by atoms with van der Waals surface area (Å²) in [5.41, 5.74) is 2.37. The molecule has 0 fully saturated rings. The van der Waals surface area contributed by atoms with Crippen LogP contribution in [0.15, 0.2) is 22.7 Å². The molecule has 0 bridgehead atoms. The second-order valence-corrected chi connectivity index (χ2v) is 10.9. The Hall–Kier alpha value is -1.29. The molecule has 92 valence electrons. The van der Waals surface area contributed by atoms with E-state index in [4.69, 9.17) is 4.42 Å². The van der Waals surface area contributed by atoms with E-state index < -0.39 is 8.07 Å². The summed E-state index contributed by atoms with van der Waals surface area (Å²) in [6.45, 7) is 10.8. The molecule has 0 aliphatic rings. The third-order valence-electron chi connectivity index (χ3n) is 2.95. The van der Waals surface area contributed by atoms with E-state index in [0.717, 1.165) is 15.7 Å². The average molecular weight is 249 g/mol. The van der Waals surface area contributed by atoms with Crippen LogP contribution in [-0.2, 0) is 0 Å². The highest BCUT2D eigenvalue weighted by molar-refractivity contribution is 6.87. The molecule has 17 heavy (non-hydrogen) atoms. The van der Waals surface area contributed by atoms with Gasteiger partial charge in [0.25, 0.3) is 5.52 Å². The third-order valence-corrected chi connectivity index (χ3v) is 4.67. The first-order chi connectivity index (χ1) is 7.79. The van der Waals surface area contributed by atoms with E-state index in [0.29, 0.717) is 17.0 Å². The predicted octanol–water partition coefficient (Wildman–Crippen LogP) is 2.73. The summed E-state index contributed by atoms with van der Waals surface area (Å²) in [5.74, 6) is 0.333. The molecule has 0 radical (unpaired) electrons. The Bertz CT molecular complexity index is 552. The Balaban J connectivity index is 2.65. The summed E-state index contributed by atoms with van der Waals surface area (Å²) in [6.07, 6.45) is 1.65. The molecule has 0 saturated heterocycles. The number of pyridine rings is 1. The number of fused-ring (bicyclic) bond motifs is 1. The number of rotatable bonds is 2. The number of hydrogen-bond acceptors (Lipinski definition) is 2. The zero-order chi connectivity index (χ0) is 12.8. The summed E-state index contributed by atoms with van der Waals surface area (Å²) in [6, 6.07) is 3.89. The third kappa shape index (κ3) is 2.22. The van der Waals surface area contributed by atoms with E-state index in [1.165, 1.54) is 0 Å². The molecule has 2 aromatic heterocycles. The minimum Gasteiger partial charge on any atom is -0.618 e. The van der Waals surface area contributed by atoms with Crippen molar-refractivity contribution in [3.05, 3.63) is 29.1 Å². The van der Waals surface area contributed by atoms with Gasteiger partial charge in [-0.05, 0) is 12.0 Å². The predicted molar refractivity (Wildman–Crippen MR) is 72.2 cm³/mol. The smallest absolute Gasteiger partial charge is 0.262 e. The van der Waals surface area contributed by atoms with Crippen molar-refractivity contribution in [3.8, 4) is 0 Å². The first-order valence-corrected chi connectivity index (χ1v) is 9.46. The van der Waals surface area contributed by atoms with Crippen LogP contribution in [0.4, 0.5) is 0 Å². The van der Waals surface area contributed by atoms with Gasteiger partial charge in [-0.3, -0.25) is 0 Å². The van der Waals surface area contributed by atoms with Crippen molar-refractivity contribution in [2.75, 3.05) is 0 Å². The highest BCUT2D eigenvalue weighted by atomic mass is 28.3. The van der Waals surface area contributed by atoms with Crippen LogP contribution >= 0.6 is 0 Å². The van der Waals surface area contributed by atoms with Crippen molar-refractivity contribution in [1.82, 2.24) is 0 Å². The van der Waals surface area contributed by atoms with Crippen molar-refractivity contribution in [2.45, 2.75) is 39.4 Å². The van der Waals surface area contributed by atoms with Gasteiger partial charge in [0.05, 0.1) is 5.38 Å². The maximum absolute atomic E-state index is 11.9. The summed E-state index contributed by atoms with van der Waals surface area (Å²) < 4.78 is 6.77. The van der Waals surface area contributed by atoms with Crippen LogP contribution in [0, 0.1) is 5.21 Å². The molecule has 2 heterocycles. The SMILES string of the molecule is CC(C)c1cc2oc([Si](C)(C)C)cc2[n+]([O-])c1. The van der Waals surface area contributed by atoms with E-state index in [9.17, 15) is 5.21 Å². The van der Waals surface area contributed by atoms with Crippen LogP contribution in [-0.4, -0.2) is 8.07 Å². The van der Waals surface area contributed by atoms with Gasteiger partial charge in [-0.1, -0.05) is 33.5 Å². The van der Waals surface area contributed by atoms with Crippen LogP contribution in [0.25, 0.3) is 11.1 Å². The topological polar surface area (TPSA) is 40.1 Å². The zero-order valence-electron chi connectivity index (χ0n) is 11.1. The molecule has 0 N–H and O–H groups in total. The minimum absolute atomic E-state index is 0.333. The molecule has 0 unspecified atom stereocenters. The van der Waals surface area contributed by atoms with E-state index >= 15 is 0 Å². The minimum atomic E-state index is -1.50. The van der Waals surface area contributed by atoms with Crippen LogP contribution in [0.1, 0.15) is 25.3 Å². The highest BCUT2D eigenvalue weighted by Gasteiger charge is 2.24. The van der Waals surface area contributed by atoms with Gasteiger partial charge in [0, 0.05) is 11.6 Å². The second kappa shape index (κ2) is 3.87. The Morgan fingerprint density at radius 2 is 1.88 bits per heavy atom. The summed E-state index contributed by atoms with van der Waals surface area (Å²) in [5, 5.41) is 12.9. The van der Waals surface area contributed by atoms with Gasteiger partial charge < -0.3 is 9.62 Å². The van der Waals surface area contributed by atoms with Crippen LogP contribution < -0.4 is 10.1 Å². The lowest BCUT2D eigenvalue weighted by atomic mass is 10.1. The Labute approximate surface area is 103 Å². The molecule has 0 aromatic carbocycles. The lowest BCUT2D eigenvalue weighted by molar-refractivity contribution is -0.577. The molecule has 3 nitrogen and oxygen atoms in total. The van der Waals surface area contributed by atoms with Gasteiger partial charge in [-0.2, -0.15) is 4.73 Å². The monoisotopic (exact) mass is 249 g/mol. The molecule has 0 saturated carbocycles. The fourth-order valence-corrected chi connectivity index (χ4v) is 2.74. The number of furan rings is 1. The molecular weight excluding hydrogens is 230 g/mol. The van der Waals surface area contributed by atoms with Crippen molar-refractivity contribution < 1.29 is 9.15 Å². The molecule has 2 aromatic rings. The summed E-state index contributed by atoms with van der Waals surface area (Å²) in [4.78, 5) is 0. The summed E-state index contributed by atoms with van der Waals surface area (Å²) >= 11 is 0. The number of hydrogen-bond donors (Lipinski definition) is 0. The standard InChI is InChI=1S/C13H19NO2Si/c1-9(2)10-6-12-11(14(15)8-10)7-13(16-12)17(3,4)5/h6-9H,1-5H3. The average Bonchev–Trinajstić information content (AvgIpc) is 2.60. The first-order valence-electron chi connectivity index (χ1n) is 5.96. The lowest BCUT2D eigenvalue weighted by Gasteiger charge is -2.09. The molecule has 0 atom stereocenters. The maximum atomic E-state index is 11.9. The van der Waals surface area contributed by atoms with Crippen molar-refractivity contribution in [3.63, 3.8) is 0 Å². The molecule has 0 spiro atoms. The number of aromatic nitrogens is 1. The first kappa shape index (κ1) is 12.2. The molecule has 0 aliphatic heterocycles. The summed E-state index contributed by atoms with van der Waals surface area (Å²) in [7, 11) is -1.50. The fraction of sp³-hybridized carbons (Fsp3) is 0.462. The van der Waals surface area contributed by atoms with Crippen LogP contribution in [0.5, 0.6) is 0 Å². The normalized spacial score (nSPS) is 12.6. The molecule has 2 rings (SSSR count). The van der Waals surface area contributed by atoms with Crippen LogP contribution in [0.3, 0.4) is 0 Å².